The second-order valence-corrected chi connectivity index (χ2v) is 8.80. The lowest BCUT2D eigenvalue weighted by molar-refractivity contribution is 0.0788. The number of carbonyl (C=O) groups is 2. The molecule has 33 heavy (non-hydrogen) atoms. The van der Waals surface area contributed by atoms with Gasteiger partial charge in [-0.15, -0.1) is 0 Å². The van der Waals surface area contributed by atoms with Crippen molar-refractivity contribution in [3.05, 3.63) is 42.0 Å². The van der Waals surface area contributed by atoms with Gasteiger partial charge in [0.25, 0.3) is 5.91 Å². The highest BCUT2D eigenvalue weighted by molar-refractivity contribution is 5.95. The average Bonchev–Trinajstić information content (AvgIpc) is 3.31. The number of hydrogen-bond acceptors (Lipinski definition) is 7. The molecule has 1 aliphatic carbocycles. The van der Waals surface area contributed by atoms with Crippen LogP contribution in [0.2, 0.25) is 0 Å². The number of ether oxygens (including phenoxy) is 1. The van der Waals surface area contributed by atoms with E-state index in [1.54, 1.807) is 20.4 Å². The number of imidazole rings is 1. The third kappa shape index (κ3) is 4.08. The van der Waals surface area contributed by atoms with Crippen molar-refractivity contribution in [2.75, 3.05) is 25.5 Å². The summed E-state index contributed by atoms with van der Waals surface area (Å²) in [5.74, 6) is 0.564. The molecular weight excluding hydrogens is 422 g/mol. The second-order valence-electron chi connectivity index (χ2n) is 8.80. The minimum Gasteiger partial charge on any atom is -0.425 e. The Balaban J connectivity index is 1.49. The van der Waals surface area contributed by atoms with Gasteiger partial charge in [0.1, 0.15) is 12.7 Å². The number of hydrogen-bond donors (Lipinski definition) is 1. The first-order chi connectivity index (χ1) is 15.9. The van der Waals surface area contributed by atoms with E-state index in [2.05, 4.69) is 20.3 Å². The molecule has 10 heteroatoms. The topological polar surface area (TPSA) is 105 Å². The second kappa shape index (κ2) is 8.34. The molecule has 1 saturated carbocycles. The molecule has 3 aromatic rings. The Labute approximate surface area is 191 Å². The predicted octanol–water partition coefficient (Wildman–Crippen LogP) is 2.64. The van der Waals surface area contributed by atoms with Crippen LogP contribution in [-0.2, 0) is 4.74 Å². The van der Waals surface area contributed by atoms with E-state index < -0.39 is 6.23 Å². The molecule has 0 spiro atoms. The molecule has 5 rings (SSSR count). The highest BCUT2D eigenvalue weighted by Gasteiger charge is 2.32. The molecule has 10 nitrogen and oxygen atoms in total. The van der Waals surface area contributed by atoms with Crippen LogP contribution in [0, 0.1) is 6.92 Å². The van der Waals surface area contributed by atoms with Crippen molar-refractivity contribution in [2.45, 2.75) is 44.9 Å². The van der Waals surface area contributed by atoms with E-state index in [-0.39, 0.29) is 12.0 Å². The molecule has 2 amide bonds. The van der Waals surface area contributed by atoms with E-state index in [9.17, 15) is 9.59 Å². The number of anilines is 1. The summed E-state index contributed by atoms with van der Waals surface area (Å²) in [6.45, 7) is 2.70. The van der Waals surface area contributed by atoms with Crippen molar-refractivity contribution in [3.63, 3.8) is 0 Å². The first-order valence-electron chi connectivity index (χ1n) is 11.2. The smallest absolute Gasteiger partial charge is 0.411 e. The van der Waals surface area contributed by atoms with Crippen molar-refractivity contribution >= 4 is 29.0 Å². The lowest BCUT2D eigenvalue weighted by atomic mass is 10.1. The summed E-state index contributed by atoms with van der Waals surface area (Å²) in [4.78, 5) is 41.6. The molecule has 0 radical (unpaired) electrons. The quantitative estimate of drug-likeness (QED) is 0.638. The number of rotatable bonds is 5. The Hall–Kier alpha value is -3.69. The summed E-state index contributed by atoms with van der Waals surface area (Å²) in [7, 11) is 3.32. The molecule has 1 N–H and O–H groups in total. The minimum absolute atomic E-state index is 0.0684. The molecule has 1 aliphatic heterocycles. The van der Waals surface area contributed by atoms with Crippen LogP contribution in [0.4, 0.5) is 10.6 Å². The van der Waals surface area contributed by atoms with Crippen molar-refractivity contribution in [1.29, 1.82) is 0 Å². The lowest BCUT2D eigenvalue weighted by Crippen LogP contribution is -2.37. The Morgan fingerprint density at radius 3 is 2.73 bits per heavy atom. The molecule has 1 saturated heterocycles. The van der Waals surface area contributed by atoms with Crippen LogP contribution in [-0.4, -0.2) is 69.3 Å². The first-order valence-corrected chi connectivity index (χ1v) is 11.2. The van der Waals surface area contributed by atoms with Gasteiger partial charge in [-0.3, -0.25) is 9.36 Å². The molecule has 2 aromatic heterocycles. The predicted molar refractivity (Wildman–Crippen MR) is 122 cm³/mol. The minimum atomic E-state index is -0.403. The number of nitrogens with one attached hydrogen (secondary N) is 1. The number of carbonyl (C=O) groups excluding carboxylic acids is 2. The normalized spacial score (nSPS) is 17.9. The highest BCUT2D eigenvalue weighted by Crippen LogP contribution is 2.31. The van der Waals surface area contributed by atoms with Gasteiger partial charge < -0.3 is 19.9 Å². The fraction of sp³-hybridized carbons (Fsp3) is 0.435. The van der Waals surface area contributed by atoms with E-state index in [1.165, 1.54) is 11.2 Å². The fourth-order valence-electron chi connectivity index (χ4n) is 4.04. The van der Waals surface area contributed by atoms with Crippen molar-refractivity contribution in [3.8, 4) is 5.69 Å². The van der Waals surface area contributed by atoms with Gasteiger partial charge >= 0.3 is 6.09 Å². The Kier molecular flexibility index (Phi) is 5.35. The van der Waals surface area contributed by atoms with Gasteiger partial charge in [0, 0.05) is 38.7 Å². The molecule has 1 atom stereocenters. The molecule has 1 aromatic carbocycles. The van der Waals surface area contributed by atoms with Gasteiger partial charge in [-0.25, -0.2) is 19.7 Å². The van der Waals surface area contributed by atoms with Crippen LogP contribution < -0.4 is 10.2 Å². The Bertz CT molecular complexity index is 1220. The number of amides is 2. The van der Waals surface area contributed by atoms with Gasteiger partial charge in [-0.2, -0.15) is 0 Å². The molecule has 1 unspecified atom stereocenters. The van der Waals surface area contributed by atoms with Crippen molar-refractivity contribution in [2.24, 2.45) is 0 Å². The molecule has 172 valence electrons. The van der Waals surface area contributed by atoms with Crippen molar-refractivity contribution < 1.29 is 14.3 Å². The largest absolute Gasteiger partial charge is 0.425 e. The van der Waals surface area contributed by atoms with Crippen LogP contribution in [0.15, 0.2) is 30.9 Å². The summed E-state index contributed by atoms with van der Waals surface area (Å²) in [6, 6.07) is 5.93. The van der Waals surface area contributed by atoms with Gasteiger partial charge in [0.15, 0.2) is 23.2 Å². The summed E-state index contributed by atoms with van der Waals surface area (Å²) < 4.78 is 7.53. The standard InChI is InChI=1S/C23H27N7O3/c1-14-6-7-15(22(31)27-16-8-9-16)11-17(14)30-13-26-19-20(24-12-25-21(19)30)29-10-4-5-18(29)33-23(32)28(2)3/h6-7,11-13,16,18H,4-5,8-10H2,1-3H3,(H,27,31). The highest BCUT2D eigenvalue weighted by atomic mass is 16.6. The third-order valence-corrected chi connectivity index (χ3v) is 6.03. The zero-order valence-electron chi connectivity index (χ0n) is 19.0. The monoisotopic (exact) mass is 449 g/mol. The number of benzene rings is 1. The third-order valence-electron chi connectivity index (χ3n) is 6.03. The van der Waals surface area contributed by atoms with Crippen LogP contribution in [0.25, 0.3) is 16.9 Å². The molecular formula is C23H27N7O3. The number of aryl methyl sites for hydroxylation is 1. The average molecular weight is 450 g/mol. The van der Waals surface area contributed by atoms with Crippen molar-refractivity contribution in [1.82, 2.24) is 29.7 Å². The zero-order valence-corrected chi connectivity index (χ0v) is 19.0. The van der Waals surface area contributed by atoms with E-state index in [0.29, 0.717) is 35.1 Å². The summed E-state index contributed by atoms with van der Waals surface area (Å²) in [5, 5.41) is 3.03. The first kappa shape index (κ1) is 21.2. The molecule has 0 bridgehead atoms. The van der Waals surface area contributed by atoms with Crippen LogP contribution >= 0.6 is 0 Å². The molecule has 3 heterocycles. The van der Waals surface area contributed by atoms with E-state index in [1.807, 2.05) is 34.6 Å². The fourth-order valence-corrected chi connectivity index (χ4v) is 4.04. The maximum absolute atomic E-state index is 12.6. The van der Waals surface area contributed by atoms with Gasteiger partial charge in [0.2, 0.25) is 0 Å². The lowest BCUT2D eigenvalue weighted by Gasteiger charge is -2.26. The maximum atomic E-state index is 12.6. The van der Waals surface area contributed by atoms with Crippen LogP contribution in [0.1, 0.15) is 41.6 Å². The summed E-state index contributed by atoms with van der Waals surface area (Å²) >= 11 is 0. The van der Waals surface area contributed by atoms with Gasteiger partial charge in [-0.1, -0.05) is 6.07 Å². The number of aromatic nitrogens is 4. The number of fused-ring (bicyclic) bond motifs is 1. The molecule has 2 aliphatic rings. The maximum Gasteiger partial charge on any atom is 0.411 e. The van der Waals surface area contributed by atoms with E-state index in [0.717, 1.165) is 36.9 Å². The van der Waals surface area contributed by atoms with Crippen LogP contribution in [0.3, 0.4) is 0 Å². The zero-order chi connectivity index (χ0) is 23.1. The molecule has 2 fully saturated rings. The van der Waals surface area contributed by atoms with E-state index in [4.69, 9.17) is 4.74 Å². The van der Waals surface area contributed by atoms with Gasteiger partial charge in [-0.05, 0) is 43.9 Å². The van der Waals surface area contributed by atoms with Gasteiger partial charge in [0.05, 0.1) is 5.69 Å². The Morgan fingerprint density at radius 2 is 1.97 bits per heavy atom. The van der Waals surface area contributed by atoms with E-state index >= 15 is 0 Å². The Morgan fingerprint density at radius 1 is 1.15 bits per heavy atom. The summed E-state index contributed by atoms with van der Waals surface area (Å²) in [6.07, 6.45) is 6.09. The number of nitrogens with zero attached hydrogens (tertiary/aromatic N) is 6. The summed E-state index contributed by atoms with van der Waals surface area (Å²) in [5.41, 5.74) is 3.69. The SMILES string of the molecule is Cc1ccc(C(=O)NC2CC2)cc1-n1cnc2c(N3CCCC3OC(=O)N(C)C)ncnc21. The van der Waals surface area contributed by atoms with Crippen LogP contribution in [0.5, 0.6) is 0 Å².